The van der Waals surface area contributed by atoms with Crippen molar-refractivity contribution in [2.75, 3.05) is 32.7 Å². The Morgan fingerprint density at radius 1 is 1.55 bits per heavy atom. The molecule has 0 aromatic rings. The molecule has 20 heavy (non-hydrogen) atoms. The monoisotopic (exact) mass is 304 g/mol. The van der Waals surface area contributed by atoms with Crippen LogP contribution in [0.3, 0.4) is 0 Å². The summed E-state index contributed by atoms with van der Waals surface area (Å²) in [6, 6.07) is -0.931. The van der Waals surface area contributed by atoms with Crippen molar-refractivity contribution in [2.24, 2.45) is 0 Å². The number of amides is 2. The number of hydrogen-bond acceptors (Lipinski definition) is 4. The second-order valence-electron chi connectivity index (χ2n) is 5.12. The zero-order chi connectivity index (χ0) is 15.3. The molecule has 3 atom stereocenters. The average molecular weight is 304 g/mol. The molecule has 1 heterocycles. The first kappa shape index (κ1) is 17.1. The average Bonchev–Trinajstić information content (AvgIpc) is 2.87. The minimum absolute atomic E-state index is 0.0889. The van der Waals surface area contributed by atoms with E-state index in [1.54, 1.807) is 30.8 Å². The van der Waals surface area contributed by atoms with Crippen LogP contribution < -0.4 is 0 Å². The first-order valence-corrected chi connectivity index (χ1v) is 8.09. The number of ether oxygens (including phenoxy) is 1. The normalized spacial score (nSPS) is 23.7. The van der Waals surface area contributed by atoms with E-state index in [-0.39, 0.29) is 18.2 Å². The fraction of sp³-hybridized carbons (Fsp3) is 0.846. The topological polar surface area (TPSA) is 70.1 Å². The fourth-order valence-electron chi connectivity index (χ4n) is 2.29. The van der Waals surface area contributed by atoms with Gasteiger partial charge in [0.25, 0.3) is 0 Å². The smallest absolute Gasteiger partial charge is 0.326 e. The van der Waals surface area contributed by atoms with Gasteiger partial charge in [0.2, 0.25) is 0 Å². The van der Waals surface area contributed by atoms with Crippen LogP contribution in [-0.4, -0.2) is 77.8 Å². The van der Waals surface area contributed by atoms with Crippen LogP contribution in [0.2, 0.25) is 0 Å². The minimum atomic E-state index is -0.969. The predicted molar refractivity (Wildman–Crippen MR) is 79.2 cm³/mol. The summed E-state index contributed by atoms with van der Waals surface area (Å²) in [6.07, 6.45) is 3.07. The van der Waals surface area contributed by atoms with Crippen LogP contribution in [0.25, 0.3) is 0 Å². The molecular formula is C13H24N2O4S. The Hall–Kier alpha value is -0.950. The summed E-state index contributed by atoms with van der Waals surface area (Å²) in [4.78, 5) is 26.8. The molecule has 1 N–H and O–H groups in total. The third-order valence-corrected chi connectivity index (χ3v) is 4.47. The third-order valence-electron chi connectivity index (χ3n) is 3.83. The first-order chi connectivity index (χ1) is 9.42. The second kappa shape index (κ2) is 7.73. The maximum absolute atomic E-state index is 12.5. The van der Waals surface area contributed by atoms with Gasteiger partial charge in [-0.2, -0.15) is 11.8 Å². The molecule has 0 aliphatic carbocycles. The van der Waals surface area contributed by atoms with Crippen molar-refractivity contribution < 1.29 is 19.4 Å². The molecular weight excluding hydrogens is 280 g/mol. The Morgan fingerprint density at radius 3 is 2.70 bits per heavy atom. The first-order valence-electron chi connectivity index (χ1n) is 6.70. The third kappa shape index (κ3) is 4.02. The number of carbonyl (C=O) groups excluding carboxylic acids is 1. The molecule has 3 unspecified atom stereocenters. The van der Waals surface area contributed by atoms with E-state index in [2.05, 4.69) is 0 Å². The molecule has 0 spiro atoms. The van der Waals surface area contributed by atoms with Crippen LogP contribution in [-0.2, 0) is 9.53 Å². The Balaban J connectivity index is 2.70. The highest BCUT2D eigenvalue weighted by molar-refractivity contribution is 7.98. The van der Waals surface area contributed by atoms with Crippen LogP contribution in [0.5, 0.6) is 0 Å². The van der Waals surface area contributed by atoms with Gasteiger partial charge in [-0.25, -0.2) is 9.59 Å². The Kier molecular flexibility index (Phi) is 6.61. The van der Waals surface area contributed by atoms with Gasteiger partial charge in [0.15, 0.2) is 0 Å². The Bertz CT molecular complexity index is 353. The molecule has 1 fully saturated rings. The molecule has 1 aliphatic heterocycles. The number of thioether (sulfide) groups is 1. The van der Waals surface area contributed by atoms with Crippen molar-refractivity contribution in [1.29, 1.82) is 0 Å². The number of carboxylic acid groups (broad SMARTS) is 1. The summed E-state index contributed by atoms with van der Waals surface area (Å²) in [7, 11) is 3.27. The van der Waals surface area contributed by atoms with Gasteiger partial charge < -0.3 is 19.6 Å². The summed E-state index contributed by atoms with van der Waals surface area (Å²) in [6.45, 7) is 2.32. The Morgan fingerprint density at radius 2 is 2.20 bits per heavy atom. The van der Waals surface area contributed by atoms with Crippen molar-refractivity contribution in [3.63, 3.8) is 0 Å². The maximum Gasteiger partial charge on any atom is 0.326 e. The van der Waals surface area contributed by atoms with Gasteiger partial charge in [0.05, 0.1) is 6.10 Å². The SMILES string of the molecule is COC1CC(C(=O)O)N(C(=O)N(C)C(C)CCSC)C1. The summed E-state index contributed by atoms with van der Waals surface area (Å²) < 4.78 is 5.20. The lowest BCUT2D eigenvalue weighted by molar-refractivity contribution is -0.141. The van der Waals surface area contributed by atoms with Crippen molar-refractivity contribution in [2.45, 2.75) is 38.0 Å². The lowest BCUT2D eigenvalue weighted by Crippen LogP contribution is -2.49. The number of methoxy groups -OCH3 is 1. The second-order valence-corrected chi connectivity index (χ2v) is 6.11. The van der Waals surface area contributed by atoms with Crippen molar-refractivity contribution in [3.05, 3.63) is 0 Å². The largest absolute Gasteiger partial charge is 0.480 e. The lowest BCUT2D eigenvalue weighted by Gasteiger charge is -2.31. The molecule has 1 aliphatic rings. The van der Waals surface area contributed by atoms with E-state index in [0.29, 0.717) is 13.0 Å². The highest BCUT2D eigenvalue weighted by Gasteiger charge is 2.41. The van der Waals surface area contributed by atoms with Crippen molar-refractivity contribution in [1.82, 2.24) is 9.80 Å². The van der Waals surface area contributed by atoms with Gasteiger partial charge in [0, 0.05) is 33.2 Å². The number of carbonyl (C=O) groups is 2. The van der Waals surface area contributed by atoms with Crippen molar-refractivity contribution >= 4 is 23.8 Å². The number of urea groups is 1. The molecule has 7 heteroatoms. The van der Waals surface area contributed by atoms with E-state index in [0.717, 1.165) is 12.2 Å². The minimum Gasteiger partial charge on any atom is -0.480 e. The predicted octanol–water partition coefficient (Wildman–Crippen LogP) is 1.35. The molecule has 0 aromatic carbocycles. The fourth-order valence-corrected chi connectivity index (χ4v) is 2.86. The summed E-state index contributed by atoms with van der Waals surface area (Å²) >= 11 is 1.74. The number of hydrogen-bond donors (Lipinski definition) is 1. The molecule has 0 saturated carbocycles. The Labute approximate surface area is 124 Å². The molecule has 0 aromatic heterocycles. The van der Waals surface area contributed by atoms with E-state index in [1.165, 1.54) is 4.90 Å². The molecule has 1 rings (SSSR count). The quantitative estimate of drug-likeness (QED) is 0.802. The number of rotatable bonds is 6. The van der Waals surface area contributed by atoms with Crippen LogP contribution >= 0.6 is 11.8 Å². The van der Waals surface area contributed by atoms with Gasteiger partial charge in [-0.3, -0.25) is 0 Å². The van der Waals surface area contributed by atoms with Crippen LogP contribution in [0.15, 0.2) is 0 Å². The van der Waals surface area contributed by atoms with E-state index < -0.39 is 12.0 Å². The van der Waals surface area contributed by atoms with Crippen molar-refractivity contribution in [3.8, 4) is 0 Å². The number of likely N-dealkylation sites (tertiary alicyclic amines) is 1. The highest BCUT2D eigenvalue weighted by Crippen LogP contribution is 2.22. The molecule has 116 valence electrons. The van der Waals surface area contributed by atoms with E-state index >= 15 is 0 Å². The molecule has 2 amide bonds. The lowest BCUT2D eigenvalue weighted by atomic mass is 10.2. The molecule has 6 nitrogen and oxygen atoms in total. The van der Waals surface area contributed by atoms with Crippen LogP contribution in [0.1, 0.15) is 19.8 Å². The number of aliphatic carboxylic acids is 1. The van der Waals surface area contributed by atoms with Gasteiger partial charge in [0.1, 0.15) is 6.04 Å². The zero-order valence-electron chi connectivity index (χ0n) is 12.5. The standard InChI is InChI=1S/C13H24N2O4S/c1-9(5-6-20-4)14(2)13(18)15-8-10(19-3)7-11(15)12(16)17/h9-11H,5-8H2,1-4H3,(H,16,17). The number of nitrogens with zero attached hydrogens (tertiary/aromatic N) is 2. The summed E-state index contributed by atoms with van der Waals surface area (Å²) in [5.74, 6) is 0.00467. The molecule has 0 bridgehead atoms. The van der Waals surface area contributed by atoms with Gasteiger partial charge in [-0.15, -0.1) is 0 Å². The molecule has 1 saturated heterocycles. The van der Waals surface area contributed by atoms with Gasteiger partial charge in [-0.1, -0.05) is 0 Å². The molecule has 0 radical (unpaired) electrons. The highest BCUT2D eigenvalue weighted by atomic mass is 32.2. The number of carboxylic acids is 1. The van der Waals surface area contributed by atoms with E-state index in [1.807, 2.05) is 13.2 Å². The van der Waals surface area contributed by atoms with Crippen LogP contribution in [0.4, 0.5) is 4.79 Å². The van der Waals surface area contributed by atoms with Crippen LogP contribution in [0, 0.1) is 0 Å². The summed E-state index contributed by atoms with van der Waals surface area (Å²) in [5, 5.41) is 9.24. The van der Waals surface area contributed by atoms with Gasteiger partial charge in [-0.05, 0) is 25.4 Å². The van der Waals surface area contributed by atoms with Gasteiger partial charge >= 0.3 is 12.0 Å². The van der Waals surface area contributed by atoms with E-state index in [4.69, 9.17) is 4.74 Å². The zero-order valence-corrected chi connectivity index (χ0v) is 13.4. The summed E-state index contributed by atoms with van der Waals surface area (Å²) in [5.41, 5.74) is 0. The maximum atomic E-state index is 12.5. The van der Waals surface area contributed by atoms with E-state index in [9.17, 15) is 14.7 Å².